The van der Waals surface area contributed by atoms with Gasteiger partial charge in [0, 0.05) is 49.6 Å². The first-order valence-electron chi connectivity index (χ1n) is 13.1. The van der Waals surface area contributed by atoms with Gasteiger partial charge in [0.05, 0.1) is 17.9 Å². The van der Waals surface area contributed by atoms with Crippen molar-refractivity contribution in [3.05, 3.63) is 91.1 Å². The number of rotatable bonds is 6. The molecule has 206 valence electrons. The lowest BCUT2D eigenvalue weighted by atomic mass is 9.80. The monoisotopic (exact) mass is 543 g/mol. The van der Waals surface area contributed by atoms with E-state index in [1.807, 2.05) is 0 Å². The molecule has 0 saturated carbocycles. The van der Waals surface area contributed by atoms with Crippen LogP contribution >= 0.6 is 0 Å². The number of esters is 1. The summed E-state index contributed by atoms with van der Waals surface area (Å²) in [7, 11) is 2.86. The molecule has 0 radical (unpaired) electrons. The summed E-state index contributed by atoms with van der Waals surface area (Å²) in [6.45, 7) is 5.41. The molecule has 2 aromatic carbocycles. The Morgan fingerprint density at radius 1 is 0.875 bits per heavy atom. The molecule has 0 saturated heterocycles. The van der Waals surface area contributed by atoms with E-state index in [0.29, 0.717) is 22.4 Å². The summed E-state index contributed by atoms with van der Waals surface area (Å²) in [5.41, 5.74) is 0.966. The Balaban J connectivity index is 1.88. The van der Waals surface area contributed by atoms with Gasteiger partial charge in [-0.2, -0.15) is 0 Å². The van der Waals surface area contributed by atoms with Crippen LogP contribution in [0.3, 0.4) is 0 Å². The van der Waals surface area contributed by atoms with E-state index < -0.39 is 23.1 Å². The first kappa shape index (κ1) is 26.9. The van der Waals surface area contributed by atoms with Gasteiger partial charge in [-0.25, -0.2) is 4.79 Å². The Hall–Kier alpha value is -4.73. The Morgan fingerprint density at radius 3 is 2.23 bits per heavy atom. The lowest BCUT2D eigenvalue weighted by Gasteiger charge is -2.36. The molecule has 0 spiro atoms. The minimum atomic E-state index is -0.938. The van der Waals surface area contributed by atoms with Crippen molar-refractivity contribution in [3.63, 3.8) is 0 Å². The highest BCUT2D eigenvalue weighted by molar-refractivity contribution is 6.27. The fourth-order valence-electron chi connectivity index (χ4n) is 5.41. The van der Waals surface area contributed by atoms with Crippen molar-refractivity contribution >= 4 is 29.2 Å². The fourth-order valence-corrected chi connectivity index (χ4v) is 5.41. The van der Waals surface area contributed by atoms with Gasteiger partial charge in [-0.15, -0.1) is 0 Å². The van der Waals surface area contributed by atoms with Crippen LogP contribution in [0.5, 0.6) is 11.5 Å². The van der Waals surface area contributed by atoms with E-state index in [-0.39, 0.29) is 59.6 Å². The highest BCUT2D eigenvalue weighted by Gasteiger charge is 2.47. The summed E-state index contributed by atoms with van der Waals surface area (Å²) < 4.78 is 13.5. The molecule has 40 heavy (non-hydrogen) atoms. The van der Waals surface area contributed by atoms with Crippen molar-refractivity contribution in [2.24, 2.45) is 14.1 Å². The van der Waals surface area contributed by atoms with Gasteiger partial charge in [0.25, 0.3) is 5.56 Å². The fraction of sp³-hybridized carbons (Fsp3) is 0.300. The number of aromatic nitrogens is 2. The van der Waals surface area contributed by atoms with Crippen LogP contribution in [0.1, 0.15) is 66.6 Å². The molecule has 1 aliphatic heterocycles. The standard InChI is InChI=1S/C30H29N3O7/c1-6-21(34)33-26-17-11-9-10-12-18(17)27(36)24(26)23(25-28(33)31(4)30(38)32(5)29(25)37)16-13-14-19(40-22(35)7-2)20(15-16)39-8-3/h9-15,23H,6-8H2,1-5H3. The second-order valence-corrected chi connectivity index (χ2v) is 9.56. The van der Waals surface area contributed by atoms with Crippen LogP contribution in [0.2, 0.25) is 0 Å². The molecule has 1 aliphatic carbocycles. The van der Waals surface area contributed by atoms with Crippen molar-refractivity contribution in [2.75, 3.05) is 11.5 Å². The SMILES string of the molecule is CCOc1cc(C2C3=C(c4ccccc4C3=O)N(C(=O)CC)c3c2c(=O)n(C)c(=O)n3C)ccc1OC(=O)CC. The summed E-state index contributed by atoms with van der Waals surface area (Å²) in [5.74, 6) is -1.47. The van der Waals surface area contributed by atoms with E-state index in [0.717, 1.165) is 4.57 Å². The highest BCUT2D eigenvalue weighted by Crippen LogP contribution is 2.51. The third-order valence-electron chi connectivity index (χ3n) is 7.27. The summed E-state index contributed by atoms with van der Waals surface area (Å²) in [4.78, 5) is 67.8. The maximum Gasteiger partial charge on any atom is 0.332 e. The Labute approximate surface area is 230 Å². The minimum absolute atomic E-state index is 0.0760. The number of carbonyl (C=O) groups excluding carboxylic acids is 3. The number of ketones is 1. The number of ether oxygens (including phenoxy) is 2. The Morgan fingerprint density at radius 2 is 1.57 bits per heavy atom. The molecule has 1 unspecified atom stereocenters. The van der Waals surface area contributed by atoms with Crippen molar-refractivity contribution in [2.45, 2.75) is 39.5 Å². The van der Waals surface area contributed by atoms with Crippen molar-refractivity contribution < 1.29 is 23.9 Å². The van der Waals surface area contributed by atoms with Gasteiger partial charge in [0.15, 0.2) is 17.3 Å². The second-order valence-electron chi connectivity index (χ2n) is 9.56. The minimum Gasteiger partial charge on any atom is -0.490 e. The van der Waals surface area contributed by atoms with E-state index in [4.69, 9.17) is 9.47 Å². The largest absolute Gasteiger partial charge is 0.490 e. The van der Waals surface area contributed by atoms with Crippen LogP contribution in [0, 0.1) is 0 Å². The van der Waals surface area contributed by atoms with Crippen LogP contribution < -0.4 is 25.6 Å². The van der Waals surface area contributed by atoms with E-state index in [1.165, 1.54) is 23.6 Å². The van der Waals surface area contributed by atoms with Gasteiger partial charge in [-0.3, -0.25) is 33.2 Å². The molecule has 0 bridgehead atoms. The van der Waals surface area contributed by atoms with Gasteiger partial charge in [0.1, 0.15) is 5.82 Å². The predicted octanol–water partition coefficient (Wildman–Crippen LogP) is 3.29. The first-order chi connectivity index (χ1) is 19.2. The van der Waals surface area contributed by atoms with Crippen LogP contribution in [0.25, 0.3) is 5.70 Å². The van der Waals surface area contributed by atoms with Crippen LogP contribution in [-0.2, 0) is 23.7 Å². The Kier molecular flexibility index (Phi) is 6.79. The number of hydrogen-bond donors (Lipinski definition) is 0. The number of nitrogens with zero attached hydrogens (tertiary/aromatic N) is 3. The summed E-state index contributed by atoms with van der Waals surface area (Å²) >= 11 is 0. The summed E-state index contributed by atoms with van der Waals surface area (Å²) in [6, 6.07) is 11.8. The zero-order valence-electron chi connectivity index (χ0n) is 22.9. The van der Waals surface area contributed by atoms with Crippen molar-refractivity contribution in [3.8, 4) is 11.5 Å². The summed E-state index contributed by atoms with van der Waals surface area (Å²) in [5, 5.41) is 0. The maximum absolute atomic E-state index is 14.0. The van der Waals surface area contributed by atoms with Gasteiger partial charge in [-0.1, -0.05) is 44.2 Å². The average molecular weight is 544 g/mol. The first-order valence-corrected chi connectivity index (χ1v) is 13.1. The Bertz CT molecular complexity index is 1740. The number of amides is 1. The number of benzene rings is 2. The van der Waals surface area contributed by atoms with Gasteiger partial charge in [-0.05, 0) is 24.6 Å². The van der Waals surface area contributed by atoms with Gasteiger partial charge < -0.3 is 9.47 Å². The lowest BCUT2D eigenvalue weighted by molar-refractivity contribution is -0.134. The normalized spacial score (nSPS) is 15.5. The number of allylic oxidation sites excluding steroid dienone is 1. The molecular formula is C30H29N3O7. The molecule has 2 aliphatic rings. The van der Waals surface area contributed by atoms with E-state index in [1.54, 1.807) is 63.2 Å². The molecule has 5 rings (SSSR count). The van der Waals surface area contributed by atoms with E-state index in [9.17, 15) is 24.0 Å². The zero-order valence-corrected chi connectivity index (χ0v) is 22.9. The van der Waals surface area contributed by atoms with Crippen molar-refractivity contribution in [1.29, 1.82) is 0 Å². The molecule has 10 nitrogen and oxygen atoms in total. The molecule has 3 aromatic rings. The number of fused-ring (bicyclic) bond motifs is 3. The third kappa shape index (κ3) is 3.90. The predicted molar refractivity (Wildman–Crippen MR) is 148 cm³/mol. The molecule has 1 amide bonds. The van der Waals surface area contributed by atoms with Crippen LogP contribution in [-0.4, -0.2) is 33.4 Å². The topological polar surface area (TPSA) is 117 Å². The van der Waals surface area contributed by atoms with Crippen molar-refractivity contribution in [1.82, 2.24) is 9.13 Å². The van der Waals surface area contributed by atoms with Crippen LogP contribution in [0.4, 0.5) is 5.82 Å². The third-order valence-corrected chi connectivity index (χ3v) is 7.27. The number of Topliss-reactive ketones (excluding diaryl/α,β-unsaturated/α-hetero) is 1. The average Bonchev–Trinajstić information content (AvgIpc) is 3.26. The summed E-state index contributed by atoms with van der Waals surface area (Å²) in [6.07, 6.45) is 0.240. The smallest absolute Gasteiger partial charge is 0.332 e. The van der Waals surface area contributed by atoms with Gasteiger partial charge in [0.2, 0.25) is 5.91 Å². The molecule has 1 atom stereocenters. The molecule has 0 fully saturated rings. The van der Waals surface area contributed by atoms with Crippen LogP contribution in [0.15, 0.2) is 57.6 Å². The molecule has 1 aromatic heterocycles. The maximum atomic E-state index is 14.0. The van der Waals surface area contributed by atoms with E-state index >= 15 is 0 Å². The molecule has 2 heterocycles. The number of anilines is 1. The van der Waals surface area contributed by atoms with E-state index in [2.05, 4.69) is 0 Å². The number of hydrogen-bond acceptors (Lipinski definition) is 7. The number of carbonyl (C=O) groups is 3. The van der Waals surface area contributed by atoms with Gasteiger partial charge >= 0.3 is 11.7 Å². The lowest BCUT2D eigenvalue weighted by Crippen LogP contribution is -2.47. The quantitative estimate of drug-likeness (QED) is 0.346. The molecular weight excluding hydrogens is 514 g/mol. The molecule has 10 heteroatoms. The second kappa shape index (κ2) is 10.1. The highest BCUT2D eigenvalue weighted by atomic mass is 16.6. The zero-order chi connectivity index (χ0) is 28.9. The molecule has 0 N–H and O–H groups in total.